The van der Waals surface area contributed by atoms with Crippen molar-refractivity contribution in [2.75, 3.05) is 0 Å². The third-order valence-electron chi connectivity index (χ3n) is 2.19. The maximum atomic E-state index is 6.13. The average molecular weight is 365 g/mol. The topological polar surface area (TPSA) is 30.7 Å². The maximum Gasteiger partial charge on any atom is 0.172 e. The molecular weight excluding hydrogens is 357 g/mol. The van der Waals surface area contributed by atoms with Gasteiger partial charge in [-0.3, -0.25) is 0 Å². The number of pyridine rings is 1. The van der Waals surface area contributed by atoms with Crippen LogP contribution in [0.15, 0.2) is 21.2 Å². The number of halogens is 3. The minimum atomic E-state index is 0.562. The highest BCUT2D eigenvalue weighted by atomic mass is 79.9. The normalized spacial score (nSPS) is 10.8. The summed E-state index contributed by atoms with van der Waals surface area (Å²) in [4.78, 5) is 4.26. The highest BCUT2D eigenvalue weighted by Crippen LogP contribution is 2.27. The van der Waals surface area contributed by atoms with E-state index in [0.717, 1.165) is 20.3 Å². The summed E-state index contributed by atoms with van der Waals surface area (Å²) in [5, 5.41) is 4.94. The molecule has 0 N–H and O–H groups in total. The van der Waals surface area contributed by atoms with Gasteiger partial charge in [-0.15, -0.1) is 0 Å². The highest BCUT2D eigenvalue weighted by molar-refractivity contribution is 9.10. The molecule has 0 spiro atoms. The van der Waals surface area contributed by atoms with Crippen molar-refractivity contribution in [3.8, 4) is 5.82 Å². The molecular formula is C10H8Br2ClN3. The first-order chi connectivity index (χ1) is 7.50. The van der Waals surface area contributed by atoms with Crippen molar-refractivity contribution in [2.24, 2.45) is 0 Å². The van der Waals surface area contributed by atoms with Crippen LogP contribution in [0.4, 0.5) is 0 Å². The summed E-state index contributed by atoms with van der Waals surface area (Å²) in [7, 11) is 0. The number of aryl methyl sites for hydroxylation is 1. The zero-order valence-electron chi connectivity index (χ0n) is 8.63. The predicted octanol–water partition coefficient (Wildman–Crippen LogP) is 4.06. The lowest BCUT2D eigenvalue weighted by Crippen LogP contribution is -2.02. The van der Waals surface area contributed by atoms with Crippen LogP contribution in [0.25, 0.3) is 5.82 Å². The van der Waals surface area contributed by atoms with Crippen LogP contribution in [0.1, 0.15) is 11.4 Å². The molecule has 0 unspecified atom stereocenters. The smallest absolute Gasteiger partial charge is 0.172 e. The number of aromatic nitrogens is 3. The van der Waals surface area contributed by atoms with E-state index in [1.165, 1.54) is 0 Å². The van der Waals surface area contributed by atoms with Crippen LogP contribution in [0.5, 0.6) is 0 Å². The van der Waals surface area contributed by atoms with Crippen LogP contribution in [-0.2, 0) is 0 Å². The molecule has 0 aliphatic heterocycles. The van der Waals surface area contributed by atoms with Gasteiger partial charge in [0.2, 0.25) is 0 Å². The quantitative estimate of drug-likeness (QED) is 0.763. The van der Waals surface area contributed by atoms with E-state index in [4.69, 9.17) is 11.6 Å². The van der Waals surface area contributed by atoms with Crippen LogP contribution in [0.3, 0.4) is 0 Å². The Labute approximate surface area is 115 Å². The fraction of sp³-hybridized carbons (Fsp3) is 0.200. The van der Waals surface area contributed by atoms with Gasteiger partial charge in [0.15, 0.2) is 5.82 Å². The molecule has 84 valence electrons. The Balaban J connectivity index is 2.63. The Morgan fingerprint density at radius 3 is 2.50 bits per heavy atom. The third-order valence-corrected chi connectivity index (χ3v) is 4.05. The van der Waals surface area contributed by atoms with Gasteiger partial charge >= 0.3 is 0 Å². The fourth-order valence-electron chi connectivity index (χ4n) is 1.39. The molecule has 2 rings (SSSR count). The lowest BCUT2D eigenvalue weighted by atomic mass is 10.4. The molecule has 16 heavy (non-hydrogen) atoms. The molecule has 0 bridgehead atoms. The van der Waals surface area contributed by atoms with E-state index in [-0.39, 0.29) is 0 Å². The van der Waals surface area contributed by atoms with E-state index < -0.39 is 0 Å². The van der Waals surface area contributed by atoms with Crippen molar-refractivity contribution in [3.05, 3.63) is 37.6 Å². The summed E-state index contributed by atoms with van der Waals surface area (Å²) in [5.41, 5.74) is 1.90. The standard InChI is InChI=1S/C10H8Br2ClN3/c1-5-9(12)6(2)16(15-5)10-8(13)3-7(11)4-14-10/h3-4H,1-2H3. The van der Waals surface area contributed by atoms with E-state index >= 15 is 0 Å². The molecule has 0 aliphatic carbocycles. The number of rotatable bonds is 1. The molecule has 3 nitrogen and oxygen atoms in total. The summed E-state index contributed by atoms with van der Waals surface area (Å²) in [5.74, 6) is 0.635. The highest BCUT2D eigenvalue weighted by Gasteiger charge is 2.13. The Morgan fingerprint density at radius 1 is 1.31 bits per heavy atom. The van der Waals surface area contributed by atoms with Gasteiger partial charge in [0.05, 0.1) is 20.9 Å². The molecule has 0 fully saturated rings. The van der Waals surface area contributed by atoms with Gasteiger partial charge in [0.25, 0.3) is 0 Å². The molecule has 0 aromatic carbocycles. The molecule has 0 amide bonds. The van der Waals surface area contributed by atoms with E-state index in [0.29, 0.717) is 10.8 Å². The van der Waals surface area contributed by atoms with Crippen molar-refractivity contribution < 1.29 is 0 Å². The SMILES string of the molecule is Cc1nn(-c2ncc(Br)cc2Cl)c(C)c1Br. The molecule has 0 saturated carbocycles. The largest absolute Gasteiger partial charge is 0.235 e. The fourth-order valence-corrected chi connectivity index (χ4v) is 2.35. The van der Waals surface area contributed by atoms with Gasteiger partial charge < -0.3 is 0 Å². The number of hydrogen-bond donors (Lipinski definition) is 0. The molecule has 2 aromatic rings. The first kappa shape index (κ1) is 12.1. The van der Waals surface area contributed by atoms with Gasteiger partial charge in [-0.25, -0.2) is 9.67 Å². The zero-order valence-corrected chi connectivity index (χ0v) is 12.6. The van der Waals surface area contributed by atoms with E-state index in [9.17, 15) is 0 Å². The Kier molecular flexibility index (Phi) is 3.37. The zero-order chi connectivity index (χ0) is 11.9. The Morgan fingerprint density at radius 2 is 2.00 bits per heavy atom. The summed E-state index contributed by atoms with van der Waals surface area (Å²) in [6.45, 7) is 3.89. The molecule has 0 aliphatic rings. The second-order valence-corrected chi connectivity index (χ2v) is 5.47. The van der Waals surface area contributed by atoms with Crippen LogP contribution < -0.4 is 0 Å². The van der Waals surface area contributed by atoms with Crippen LogP contribution in [0, 0.1) is 13.8 Å². The lowest BCUT2D eigenvalue weighted by molar-refractivity contribution is 0.805. The van der Waals surface area contributed by atoms with Crippen LogP contribution in [0.2, 0.25) is 5.02 Å². The minimum absolute atomic E-state index is 0.562. The molecule has 6 heteroatoms. The van der Waals surface area contributed by atoms with Gasteiger partial charge in [-0.1, -0.05) is 11.6 Å². The second kappa shape index (κ2) is 4.47. The van der Waals surface area contributed by atoms with Gasteiger partial charge in [0, 0.05) is 10.7 Å². The molecule has 2 heterocycles. The average Bonchev–Trinajstić information content (AvgIpc) is 2.46. The summed E-state index contributed by atoms with van der Waals surface area (Å²) >= 11 is 12.9. The lowest BCUT2D eigenvalue weighted by Gasteiger charge is -2.05. The van der Waals surface area contributed by atoms with Crippen LogP contribution >= 0.6 is 43.5 Å². The third kappa shape index (κ3) is 2.04. The summed E-state index contributed by atoms with van der Waals surface area (Å²) in [6, 6.07) is 1.80. The van der Waals surface area contributed by atoms with Crippen LogP contribution in [-0.4, -0.2) is 14.8 Å². The van der Waals surface area contributed by atoms with Crippen molar-refractivity contribution in [2.45, 2.75) is 13.8 Å². The molecule has 2 aromatic heterocycles. The monoisotopic (exact) mass is 363 g/mol. The van der Waals surface area contributed by atoms with E-state index in [2.05, 4.69) is 41.9 Å². The number of hydrogen-bond acceptors (Lipinski definition) is 2. The number of nitrogens with zero attached hydrogens (tertiary/aromatic N) is 3. The maximum absolute atomic E-state index is 6.13. The van der Waals surface area contributed by atoms with Crippen molar-refractivity contribution >= 4 is 43.5 Å². The first-order valence-electron chi connectivity index (χ1n) is 4.54. The van der Waals surface area contributed by atoms with Gasteiger partial charge in [-0.05, 0) is 51.8 Å². The first-order valence-corrected chi connectivity index (χ1v) is 6.50. The Hall–Kier alpha value is -0.390. The summed E-state index contributed by atoms with van der Waals surface area (Å²) < 4.78 is 3.56. The minimum Gasteiger partial charge on any atom is -0.235 e. The van der Waals surface area contributed by atoms with E-state index in [1.54, 1.807) is 16.9 Å². The second-order valence-electron chi connectivity index (χ2n) is 3.36. The Bertz CT molecular complexity index is 551. The predicted molar refractivity (Wildman–Crippen MR) is 71.2 cm³/mol. The molecule has 0 radical (unpaired) electrons. The van der Waals surface area contributed by atoms with Crippen molar-refractivity contribution in [1.29, 1.82) is 0 Å². The van der Waals surface area contributed by atoms with E-state index in [1.807, 2.05) is 13.8 Å². The summed E-state index contributed by atoms with van der Waals surface area (Å²) in [6.07, 6.45) is 1.70. The molecule has 0 saturated heterocycles. The van der Waals surface area contributed by atoms with Gasteiger partial charge in [0.1, 0.15) is 0 Å². The van der Waals surface area contributed by atoms with Gasteiger partial charge in [-0.2, -0.15) is 5.10 Å². The van der Waals surface area contributed by atoms with Crippen molar-refractivity contribution in [3.63, 3.8) is 0 Å². The molecule has 0 atom stereocenters. The van der Waals surface area contributed by atoms with Crippen molar-refractivity contribution in [1.82, 2.24) is 14.8 Å².